The van der Waals surface area contributed by atoms with Crippen LogP contribution in [-0.4, -0.2) is 34.4 Å². The van der Waals surface area contributed by atoms with Crippen LogP contribution in [0.25, 0.3) is 10.9 Å². The number of aliphatic hydroxyl groups is 1. The average molecular weight is 248 g/mol. The zero-order chi connectivity index (χ0) is 12.5. The van der Waals surface area contributed by atoms with Gasteiger partial charge in [0.25, 0.3) is 0 Å². The van der Waals surface area contributed by atoms with Gasteiger partial charge in [0.15, 0.2) is 0 Å². The van der Waals surface area contributed by atoms with Crippen molar-refractivity contribution in [2.24, 2.45) is 0 Å². The highest BCUT2D eigenvalue weighted by Gasteiger charge is 2.22. The molecular formula is C13H13FN2O2. The van der Waals surface area contributed by atoms with Gasteiger partial charge in [-0.2, -0.15) is 5.06 Å². The Kier molecular flexibility index (Phi) is 2.95. The SMILES string of the molecule is O[C@@H]1CON(Cc2cc(F)cc3cccnc23)C1. The molecule has 1 aliphatic rings. The molecule has 0 bridgehead atoms. The Bertz CT molecular complexity index is 576. The summed E-state index contributed by atoms with van der Waals surface area (Å²) in [6, 6.07) is 6.53. The lowest BCUT2D eigenvalue weighted by Gasteiger charge is -2.14. The van der Waals surface area contributed by atoms with Crippen molar-refractivity contribution in [1.29, 1.82) is 0 Å². The number of pyridine rings is 1. The fraction of sp³-hybridized carbons (Fsp3) is 0.308. The number of hydroxylamine groups is 2. The number of hydrogen-bond acceptors (Lipinski definition) is 4. The van der Waals surface area contributed by atoms with E-state index in [2.05, 4.69) is 4.98 Å². The molecule has 0 unspecified atom stereocenters. The Balaban J connectivity index is 1.95. The summed E-state index contributed by atoms with van der Waals surface area (Å²) in [6.07, 6.45) is 1.21. The van der Waals surface area contributed by atoms with Gasteiger partial charge < -0.3 is 5.11 Å². The number of aliphatic hydroxyl groups excluding tert-OH is 1. The van der Waals surface area contributed by atoms with Gasteiger partial charge in [-0.15, -0.1) is 0 Å². The third-order valence-corrected chi connectivity index (χ3v) is 2.96. The van der Waals surface area contributed by atoms with Gasteiger partial charge in [0.05, 0.1) is 31.3 Å². The van der Waals surface area contributed by atoms with Gasteiger partial charge in [-0.25, -0.2) is 4.39 Å². The third-order valence-electron chi connectivity index (χ3n) is 2.96. The van der Waals surface area contributed by atoms with Gasteiger partial charge in [-0.05, 0) is 23.8 Å². The maximum absolute atomic E-state index is 13.5. The number of rotatable bonds is 2. The minimum absolute atomic E-state index is 0.287. The molecule has 1 fully saturated rings. The summed E-state index contributed by atoms with van der Waals surface area (Å²) < 4.78 is 13.5. The molecular weight excluding hydrogens is 235 g/mol. The largest absolute Gasteiger partial charge is 0.389 e. The quantitative estimate of drug-likeness (QED) is 0.874. The maximum atomic E-state index is 13.5. The number of nitrogens with zero attached hydrogens (tertiary/aromatic N) is 2. The van der Waals surface area contributed by atoms with Gasteiger partial charge in [0.1, 0.15) is 5.82 Å². The van der Waals surface area contributed by atoms with Gasteiger partial charge in [0.2, 0.25) is 0 Å². The van der Waals surface area contributed by atoms with Crippen LogP contribution < -0.4 is 0 Å². The van der Waals surface area contributed by atoms with Crippen molar-refractivity contribution >= 4 is 10.9 Å². The Hall–Kier alpha value is -1.56. The summed E-state index contributed by atoms with van der Waals surface area (Å²) in [6.45, 7) is 1.15. The highest BCUT2D eigenvalue weighted by Crippen LogP contribution is 2.21. The lowest BCUT2D eigenvalue weighted by Crippen LogP contribution is -2.20. The first-order valence-electron chi connectivity index (χ1n) is 5.81. The first-order chi connectivity index (χ1) is 8.72. The van der Waals surface area contributed by atoms with Crippen molar-refractivity contribution in [2.45, 2.75) is 12.6 Å². The van der Waals surface area contributed by atoms with Gasteiger partial charge >= 0.3 is 0 Å². The van der Waals surface area contributed by atoms with E-state index in [1.807, 2.05) is 6.07 Å². The molecule has 5 heteroatoms. The van der Waals surface area contributed by atoms with Crippen LogP contribution in [-0.2, 0) is 11.4 Å². The summed E-state index contributed by atoms with van der Waals surface area (Å²) in [5.41, 5.74) is 1.53. The molecule has 2 heterocycles. The number of benzene rings is 1. The molecule has 1 saturated heterocycles. The van der Waals surface area contributed by atoms with E-state index < -0.39 is 6.10 Å². The number of halogens is 1. The molecule has 0 amide bonds. The van der Waals surface area contributed by atoms with Crippen molar-refractivity contribution in [3.8, 4) is 0 Å². The van der Waals surface area contributed by atoms with Crippen LogP contribution in [0.1, 0.15) is 5.56 Å². The van der Waals surface area contributed by atoms with E-state index in [0.29, 0.717) is 19.7 Å². The minimum Gasteiger partial charge on any atom is -0.389 e. The number of aromatic nitrogens is 1. The van der Waals surface area contributed by atoms with Crippen LogP contribution in [0.15, 0.2) is 30.5 Å². The molecule has 0 spiro atoms. The zero-order valence-electron chi connectivity index (χ0n) is 9.71. The van der Waals surface area contributed by atoms with E-state index in [-0.39, 0.29) is 5.82 Å². The summed E-state index contributed by atoms with van der Waals surface area (Å²) in [7, 11) is 0. The van der Waals surface area contributed by atoms with Crippen LogP contribution in [0.5, 0.6) is 0 Å². The summed E-state index contributed by atoms with van der Waals surface area (Å²) in [5, 5.41) is 11.8. The van der Waals surface area contributed by atoms with Crippen molar-refractivity contribution in [3.05, 3.63) is 41.8 Å². The topological polar surface area (TPSA) is 45.6 Å². The van der Waals surface area contributed by atoms with Crippen LogP contribution >= 0.6 is 0 Å². The van der Waals surface area contributed by atoms with Crippen molar-refractivity contribution in [2.75, 3.05) is 13.2 Å². The van der Waals surface area contributed by atoms with E-state index in [4.69, 9.17) is 4.84 Å². The predicted octanol–water partition coefficient (Wildman–Crippen LogP) is 1.48. The Labute approximate surface area is 104 Å². The van der Waals surface area contributed by atoms with Crippen molar-refractivity contribution in [1.82, 2.24) is 10.0 Å². The van der Waals surface area contributed by atoms with Gasteiger partial charge in [0, 0.05) is 11.6 Å². The molecule has 18 heavy (non-hydrogen) atoms. The third kappa shape index (κ3) is 2.20. The lowest BCUT2D eigenvalue weighted by atomic mass is 10.1. The second-order valence-electron chi connectivity index (χ2n) is 4.41. The van der Waals surface area contributed by atoms with Crippen LogP contribution in [0.4, 0.5) is 4.39 Å². The molecule has 1 N–H and O–H groups in total. The van der Waals surface area contributed by atoms with Gasteiger partial charge in [-0.1, -0.05) is 6.07 Å². The first kappa shape index (κ1) is 11.5. The van der Waals surface area contributed by atoms with Crippen molar-refractivity contribution < 1.29 is 14.3 Å². The number of fused-ring (bicyclic) bond motifs is 1. The second-order valence-corrected chi connectivity index (χ2v) is 4.41. The minimum atomic E-state index is -0.474. The van der Waals surface area contributed by atoms with Crippen LogP contribution in [0.2, 0.25) is 0 Å². The fourth-order valence-electron chi connectivity index (χ4n) is 2.18. The second kappa shape index (κ2) is 4.61. The molecule has 1 aliphatic heterocycles. The monoisotopic (exact) mass is 248 g/mol. The maximum Gasteiger partial charge on any atom is 0.124 e. The van der Waals surface area contributed by atoms with E-state index in [9.17, 15) is 9.50 Å². The van der Waals surface area contributed by atoms with Crippen molar-refractivity contribution in [3.63, 3.8) is 0 Å². The molecule has 1 atom stereocenters. The Morgan fingerprint density at radius 1 is 1.50 bits per heavy atom. The predicted molar refractivity (Wildman–Crippen MR) is 64.1 cm³/mol. The standard InChI is InChI=1S/C13H13FN2O2/c14-11-4-9-2-1-3-15-13(9)10(5-11)6-16-7-12(17)8-18-16/h1-5,12,17H,6-8H2/t12-/m0/s1. The van der Waals surface area contributed by atoms with Crippen LogP contribution in [0.3, 0.4) is 0 Å². The van der Waals surface area contributed by atoms with E-state index in [0.717, 1.165) is 16.5 Å². The first-order valence-corrected chi connectivity index (χ1v) is 5.81. The molecule has 0 radical (unpaired) electrons. The molecule has 1 aromatic heterocycles. The highest BCUT2D eigenvalue weighted by molar-refractivity contribution is 5.81. The summed E-state index contributed by atoms with van der Waals surface area (Å²) in [4.78, 5) is 9.56. The Morgan fingerprint density at radius 2 is 2.39 bits per heavy atom. The molecule has 0 saturated carbocycles. The average Bonchev–Trinajstić information content (AvgIpc) is 2.74. The number of hydrogen-bond donors (Lipinski definition) is 1. The van der Waals surface area contributed by atoms with E-state index in [1.54, 1.807) is 17.3 Å². The zero-order valence-corrected chi connectivity index (χ0v) is 9.71. The molecule has 2 aromatic rings. The molecule has 4 nitrogen and oxygen atoms in total. The molecule has 3 rings (SSSR count). The molecule has 94 valence electrons. The highest BCUT2D eigenvalue weighted by atomic mass is 19.1. The van der Waals surface area contributed by atoms with E-state index >= 15 is 0 Å². The fourth-order valence-corrected chi connectivity index (χ4v) is 2.18. The summed E-state index contributed by atoms with van der Waals surface area (Å²) in [5.74, 6) is -0.287. The molecule has 1 aromatic carbocycles. The molecule has 0 aliphatic carbocycles. The normalized spacial score (nSPS) is 20.7. The smallest absolute Gasteiger partial charge is 0.124 e. The Morgan fingerprint density at radius 3 is 3.17 bits per heavy atom. The van der Waals surface area contributed by atoms with Crippen LogP contribution in [0, 0.1) is 5.82 Å². The van der Waals surface area contributed by atoms with Gasteiger partial charge in [-0.3, -0.25) is 9.82 Å². The summed E-state index contributed by atoms with van der Waals surface area (Å²) >= 11 is 0. The lowest BCUT2D eigenvalue weighted by molar-refractivity contribution is -0.117. The van der Waals surface area contributed by atoms with E-state index in [1.165, 1.54) is 12.1 Å². The number of β-amino-alcohol motifs (C(OH)–C–C–N with tert-alkyl or cyclic N) is 1.